The summed E-state index contributed by atoms with van der Waals surface area (Å²) in [6, 6.07) is 10.0. The molecule has 2 aromatic rings. The van der Waals surface area contributed by atoms with Gasteiger partial charge in [-0.25, -0.2) is 0 Å². The minimum absolute atomic E-state index is 0.217. The van der Waals surface area contributed by atoms with E-state index in [0.717, 1.165) is 31.1 Å². The van der Waals surface area contributed by atoms with Crippen LogP contribution in [0.5, 0.6) is 5.88 Å². The minimum atomic E-state index is 0.217. The molecule has 0 amide bonds. The lowest BCUT2D eigenvalue weighted by molar-refractivity contribution is 0.0528. The molecule has 0 bridgehead atoms. The van der Waals surface area contributed by atoms with Gasteiger partial charge in [-0.1, -0.05) is 30.3 Å². The number of nitrogens with zero attached hydrogens (tertiary/aromatic N) is 3. The quantitative estimate of drug-likeness (QED) is 0.862. The van der Waals surface area contributed by atoms with Gasteiger partial charge >= 0.3 is 0 Å². The normalized spacial score (nSPS) is 18.5. The van der Waals surface area contributed by atoms with Crippen LogP contribution in [0.15, 0.2) is 42.7 Å². The highest BCUT2D eigenvalue weighted by molar-refractivity contribution is 5.38. The highest BCUT2D eigenvalue weighted by Crippen LogP contribution is 2.17. The van der Waals surface area contributed by atoms with Crippen LogP contribution in [0.25, 0.3) is 0 Å². The molecule has 0 radical (unpaired) electrons. The number of rotatable bonds is 4. The summed E-state index contributed by atoms with van der Waals surface area (Å²) >= 11 is 0. The van der Waals surface area contributed by atoms with Crippen molar-refractivity contribution in [2.45, 2.75) is 19.6 Å². The van der Waals surface area contributed by atoms with Gasteiger partial charge in [-0.2, -0.15) is 4.98 Å². The Labute approximate surface area is 124 Å². The highest BCUT2D eigenvalue weighted by atomic mass is 16.5. The molecule has 1 aromatic heterocycles. The predicted octanol–water partition coefficient (Wildman–Crippen LogP) is 2.28. The lowest BCUT2D eigenvalue weighted by Gasteiger charge is -2.31. The Hall–Kier alpha value is -2.14. The molecule has 0 N–H and O–H groups in total. The molecule has 1 unspecified atom stereocenters. The molecule has 1 aliphatic heterocycles. The van der Waals surface area contributed by atoms with Gasteiger partial charge in [-0.05, 0) is 12.5 Å². The molecule has 1 fully saturated rings. The lowest BCUT2D eigenvalue weighted by atomic mass is 10.2. The second-order valence-electron chi connectivity index (χ2n) is 5.12. The largest absolute Gasteiger partial charge is 0.472 e. The molecular weight excluding hydrogens is 266 g/mol. The van der Waals surface area contributed by atoms with Gasteiger partial charge in [0.2, 0.25) is 5.88 Å². The van der Waals surface area contributed by atoms with Gasteiger partial charge in [0.15, 0.2) is 5.82 Å². The zero-order chi connectivity index (χ0) is 14.5. The van der Waals surface area contributed by atoms with Crippen molar-refractivity contribution in [3.05, 3.63) is 48.3 Å². The standard InChI is InChI=1S/C16H19N3O2/c1-13-11-19(7-8-20-13)15-9-17-10-16(18-15)21-12-14-5-3-2-4-6-14/h2-6,9-10,13H,7-8,11-12H2,1H3. The maximum Gasteiger partial charge on any atom is 0.234 e. The fourth-order valence-electron chi connectivity index (χ4n) is 2.32. The van der Waals surface area contributed by atoms with Gasteiger partial charge in [0.1, 0.15) is 6.61 Å². The Kier molecular flexibility index (Phi) is 4.31. The Balaban J connectivity index is 1.65. The molecule has 1 aromatic carbocycles. The molecule has 0 aliphatic carbocycles. The average Bonchev–Trinajstić information content (AvgIpc) is 2.54. The van der Waals surface area contributed by atoms with Gasteiger partial charge in [0, 0.05) is 13.1 Å². The molecule has 1 saturated heterocycles. The third-order valence-corrected chi connectivity index (χ3v) is 3.39. The number of hydrogen-bond donors (Lipinski definition) is 0. The fraction of sp³-hybridized carbons (Fsp3) is 0.375. The van der Waals surface area contributed by atoms with E-state index in [9.17, 15) is 0 Å². The molecule has 0 saturated carbocycles. The second-order valence-corrected chi connectivity index (χ2v) is 5.12. The molecule has 3 rings (SSSR count). The van der Waals surface area contributed by atoms with Crippen LogP contribution in [-0.4, -0.2) is 35.8 Å². The average molecular weight is 285 g/mol. The number of ether oxygens (including phenoxy) is 2. The van der Waals surface area contributed by atoms with Gasteiger partial charge in [-0.3, -0.25) is 4.98 Å². The summed E-state index contributed by atoms with van der Waals surface area (Å²) in [6.07, 6.45) is 3.64. The minimum Gasteiger partial charge on any atom is -0.472 e. The first-order valence-electron chi connectivity index (χ1n) is 7.16. The Bertz CT molecular complexity index is 577. The van der Waals surface area contributed by atoms with Crippen LogP contribution < -0.4 is 9.64 Å². The van der Waals surface area contributed by atoms with Crippen molar-refractivity contribution in [1.29, 1.82) is 0 Å². The number of benzene rings is 1. The first-order valence-corrected chi connectivity index (χ1v) is 7.16. The summed E-state index contributed by atoms with van der Waals surface area (Å²) in [6.45, 7) is 4.95. The van der Waals surface area contributed by atoms with Crippen molar-refractivity contribution < 1.29 is 9.47 Å². The molecule has 1 aliphatic rings. The first kappa shape index (κ1) is 13.8. The van der Waals surface area contributed by atoms with E-state index in [1.165, 1.54) is 0 Å². The van der Waals surface area contributed by atoms with Crippen LogP contribution in [0.1, 0.15) is 12.5 Å². The number of anilines is 1. The molecule has 1 atom stereocenters. The molecule has 110 valence electrons. The molecule has 5 nitrogen and oxygen atoms in total. The number of aromatic nitrogens is 2. The third kappa shape index (κ3) is 3.70. The van der Waals surface area contributed by atoms with Crippen molar-refractivity contribution in [3.63, 3.8) is 0 Å². The number of hydrogen-bond acceptors (Lipinski definition) is 5. The molecule has 2 heterocycles. The van der Waals surface area contributed by atoms with Crippen LogP contribution in [-0.2, 0) is 11.3 Å². The van der Waals surface area contributed by atoms with Crippen molar-refractivity contribution in [1.82, 2.24) is 9.97 Å². The van der Waals surface area contributed by atoms with E-state index in [1.54, 1.807) is 12.4 Å². The van der Waals surface area contributed by atoms with Gasteiger partial charge in [-0.15, -0.1) is 0 Å². The molecule has 0 spiro atoms. The second kappa shape index (κ2) is 6.54. The van der Waals surface area contributed by atoms with E-state index in [1.807, 2.05) is 30.3 Å². The van der Waals surface area contributed by atoms with Crippen molar-refractivity contribution in [3.8, 4) is 5.88 Å². The molecular formula is C16H19N3O2. The Morgan fingerprint density at radius 2 is 2.14 bits per heavy atom. The lowest BCUT2D eigenvalue weighted by Crippen LogP contribution is -2.41. The maximum atomic E-state index is 5.72. The van der Waals surface area contributed by atoms with Gasteiger partial charge in [0.05, 0.1) is 25.1 Å². The summed E-state index contributed by atoms with van der Waals surface area (Å²) in [7, 11) is 0. The fourth-order valence-corrected chi connectivity index (χ4v) is 2.32. The summed E-state index contributed by atoms with van der Waals surface area (Å²) in [5.74, 6) is 1.39. The van der Waals surface area contributed by atoms with Crippen molar-refractivity contribution >= 4 is 5.82 Å². The smallest absolute Gasteiger partial charge is 0.234 e. The monoisotopic (exact) mass is 285 g/mol. The molecule has 21 heavy (non-hydrogen) atoms. The first-order chi connectivity index (χ1) is 10.3. The summed E-state index contributed by atoms with van der Waals surface area (Å²) in [5.41, 5.74) is 1.12. The Morgan fingerprint density at radius 1 is 1.29 bits per heavy atom. The van der Waals surface area contributed by atoms with Crippen molar-refractivity contribution in [2.24, 2.45) is 0 Å². The van der Waals surface area contributed by atoms with Crippen molar-refractivity contribution in [2.75, 3.05) is 24.6 Å². The van der Waals surface area contributed by atoms with Crippen LogP contribution in [0.3, 0.4) is 0 Å². The van der Waals surface area contributed by atoms with E-state index in [-0.39, 0.29) is 6.10 Å². The van der Waals surface area contributed by atoms with E-state index < -0.39 is 0 Å². The van der Waals surface area contributed by atoms with E-state index >= 15 is 0 Å². The highest BCUT2D eigenvalue weighted by Gasteiger charge is 2.18. The van der Waals surface area contributed by atoms with Gasteiger partial charge in [0.25, 0.3) is 0 Å². The predicted molar refractivity (Wildman–Crippen MR) is 80.4 cm³/mol. The zero-order valence-electron chi connectivity index (χ0n) is 12.1. The summed E-state index contributed by atoms with van der Waals surface area (Å²) in [5, 5.41) is 0. The van der Waals surface area contributed by atoms with Crippen LogP contribution in [0.4, 0.5) is 5.82 Å². The zero-order valence-corrected chi connectivity index (χ0v) is 12.1. The number of morpholine rings is 1. The van der Waals surface area contributed by atoms with E-state index in [2.05, 4.69) is 21.8 Å². The molecule has 5 heteroatoms. The summed E-state index contributed by atoms with van der Waals surface area (Å²) in [4.78, 5) is 10.9. The van der Waals surface area contributed by atoms with Gasteiger partial charge < -0.3 is 14.4 Å². The third-order valence-electron chi connectivity index (χ3n) is 3.39. The van der Waals surface area contributed by atoms with E-state index in [0.29, 0.717) is 12.5 Å². The maximum absolute atomic E-state index is 5.72. The SMILES string of the molecule is CC1CN(c2cncc(OCc3ccccc3)n2)CCO1. The van der Waals surface area contributed by atoms with E-state index in [4.69, 9.17) is 9.47 Å². The van der Waals surface area contributed by atoms with Crippen LogP contribution in [0.2, 0.25) is 0 Å². The Morgan fingerprint density at radius 3 is 2.95 bits per heavy atom. The van der Waals surface area contributed by atoms with Crippen LogP contribution in [0, 0.1) is 0 Å². The van der Waals surface area contributed by atoms with Crippen LogP contribution >= 0.6 is 0 Å². The topological polar surface area (TPSA) is 47.5 Å². The summed E-state index contributed by atoms with van der Waals surface area (Å²) < 4.78 is 11.3.